The maximum atomic E-state index is 11.8. The number of carbonyl (C=O) groups is 1. The number of carbonyl (C=O) groups excluding carboxylic acids is 1. The summed E-state index contributed by atoms with van der Waals surface area (Å²) in [6.07, 6.45) is 1.70. The Morgan fingerprint density at radius 1 is 1.43 bits per heavy atom. The highest BCUT2D eigenvalue weighted by atomic mass is 35.5. The van der Waals surface area contributed by atoms with Crippen molar-refractivity contribution in [1.82, 2.24) is 4.98 Å². The molecule has 5 nitrogen and oxygen atoms in total. The second-order valence-electron chi connectivity index (χ2n) is 4.32. The molecule has 0 amide bonds. The summed E-state index contributed by atoms with van der Waals surface area (Å²) in [5, 5.41) is 9.07. The lowest BCUT2D eigenvalue weighted by Gasteiger charge is -2.11. The van der Waals surface area contributed by atoms with Crippen LogP contribution in [0.3, 0.4) is 0 Å². The van der Waals surface area contributed by atoms with E-state index in [1.54, 1.807) is 24.3 Å². The first-order valence-electron chi connectivity index (χ1n) is 6.07. The number of halogens is 1. The van der Waals surface area contributed by atoms with E-state index in [4.69, 9.17) is 27.3 Å². The van der Waals surface area contributed by atoms with E-state index < -0.39 is 5.97 Å². The quantitative estimate of drug-likeness (QED) is 0.880. The number of methoxy groups -OCH3 is 1. The minimum Gasteiger partial charge on any atom is -0.464 e. The summed E-state index contributed by atoms with van der Waals surface area (Å²) in [5.74, 6) is -0.568. The topological polar surface area (TPSA) is 89.0 Å². The summed E-state index contributed by atoms with van der Waals surface area (Å²) in [7, 11) is 1.28. The molecule has 0 radical (unpaired) electrons. The summed E-state index contributed by atoms with van der Waals surface area (Å²) < 4.78 is 4.70. The molecule has 0 aliphatic heterocycles. The van der Waals surface area contributed by atoms with E-state index in [9.17, 15) is 4.79 Å². The number of benzene rings is 1. The zero-order valence-corrected chi connectivity index (χ0v) is 12.0. The highest BCUT2D eigenvalue weighted by molar-refractivity contribution is 6.33. The molecule has 1 aromatic carbocycles. The third kappa shape index (κ3) is 3.12. The van der Waals surface area contributed by atoms with Gasteiger partial charge in [-0.25, -0.2) is 9.78 Å². The molecule has 0 saturated heterocycles. The number of esters is 1. The van der Waals surface area contributed by atoms with Crippen LogP contribution < -0.4 is 5.73 Å². The van der Waals surface area contributed by atoms with Crippen LogP contribution in [0.2, 0.25) is 5.02 Å². The van der Waals surface area contributed by atoms with Crippen molar-refractivity contribution in [2.45, 2.75) is 6.42 Å². The molecule has 0 spiro atoms. The fraction of sp³-hybridized carbons (Fsp3) is 0.133. The third-order valence-corrected chi connectivity index (χ3v) is 3.32. The van der Waals surface area contributed by atoms with Gasteiger partial charge in [-0.05, 0) is 17.7 Å². The predicted octanol–water partition coefficient (Wildman–Crippen LogP) is 2.57. The van der Waals surface area contributed by atoms with Crippen LogP contribution in [-0.4, -0.2) is 18.1 Å². The third-order valence-electron chi connectivity index (χ3n) is 3.02. The number of hydrogen-bond acceptors (Lipinski definition) is 5. The zero-order valence-electron chi connectivity index (χ0n) is 11.3. The molecule has 2 aromatic rings. The van der Waals surface area contributed by atoms with Gasteiger partial charge in [-0.2, -0.15) is 5.26 Å². The van der Waals surface area contributed by atoms with Gasteiger partial charge in [-0.1, -0.05) is 23.7 Å². The van der Waals surface area contributed by atoms with E-state index in [-0.39, 0.29) is 10.7 Å². The lowest BCUT2D eigenvalue weighted by Crippen LogP contribution is -2.12. The van der Waals surface area contributed by atoms with Gasteiger partial charge in [0.25, 0.3) is 0 Å². The van der Waals surface area contributed by atoms with Crippen molar-refractivity contribution in [3.63, 3.8) is 0 Å². The van der Waals surface area contributed by atoms with Crippen molar-refractivity contribution in [3.8, 4) is 6.07 Å². The Morgan fingerprint density at radius 2 is 2.10 bits per heavy atom. The highest BCUT2D eigenvalue weighted by Crippen LogP contribution is 2.27. The Bertz CT molecular complexity index is 721. The first kappa shape index (κ1) is 14.8. The van der Waals surface area contributed by atoms with E-state index >= 15 is 0 Å². The van der Waals surface area contributed by atoms with Gasteiger partial charge in [0.2, 0.25) is 0 Å². The van der Waals surface area contributed by atoms with Gasteiger partial charge in [0, 0.05) is 18.2 Å². The van der Waals surface area contributed by atoms with E-state index in [2.05, 4.69) is 4.98 Å². The number of nitrogens with two attached hydrogens (primary N) is 1. The number of nitrogens with zero attached hydrogens (tertiary/aromatic N) is 2. The summed E-state index contributed by atoms with van der Waals surface area (Å²) in [4.78, 5) is 15.8. The monoisotopic (exact) mass is 301 g/mol. The number of rotatable bonds is 3. The molecule has 0 unspecified atom stereocenters. The van der Waals surface area contributed by atoms with Gasteiger partial charge in [-0.3, -0.25) is 0 Å². The maximum absolute atomic E-state index is 11.8. The smallest absolute Gasteiger partial charge is 0.357 e. The number of ether oxygens (including phenoxy) is 1. The fourth-order valence-electron chi connectivity index (χ4n) is 1.89. The molecule has 0 saturated carbocycles. The minimum absolute atomic E-state index is 0.142. The molecule has 6 heteroatoms. The SMILES string of the molecule is COC(=O)c1ncc(Cl)c(N)c1Cc1ccc(C#N)cc1. The predicted molar refractivity (Wildman–Crippen MR) is 79.0 cm³/mol. The maximum Gasteiger partial charge on any atom is 0.357 e. The molecule has 0 aliphatic carbocycles. The van der Waals surface area contributed by atoms with Crippen LogP contribution in [-0.2, 0) is 11.2 Å². The Morgan fingerprint density at radius 3 is 2.67 bits per heavy atom. The standard InChI is InChI=1S/C15H12ClN3O2/c1-21-15(20)14-11(13(18)12(16)8-19-14)6-9-2-4-10(7-17)5-3-9/h2-5,8H,6H2,1H3,(H2,18,19). The summed E-state index contributed by atoms with van der Waals surface area (Å²) >= 11 is 5.96. The van der Waals surface area contributed by atoms with Crippen LogP contribution >= 0.6 is 11.6 Å². The first-order valence-corrected chi connectivity index (χ1v) is 6.44. The molecule has 0 aliphatic rings. The van der Waals surface area contributed by atoms with Crippen molar-refractivity contribution in [1.29, 1.82) is 5.26 Å². The Labute approximate surface area is 126 Å². The molecule has 1 aromatic heterocycles. The van der Waals surface area contributed by atoms with Crippen LogP contribution in [0.25, 0.3) is 0 Å². The number of anilines is 1. The van der Waals surface area contributed by atoms with Crippen LogP contribution in [0.4, 0.5) is 5.69 Å². The molecule has 0 bridgehead atoms. The Hall–Kier alpha value is -2.58. The highest BCUT2D eigenvalue weighted by Gasteiger charge is 2.18. The average Bonchev–Trinajstić information content (AvgIpc) is 2.52. The summed E-state index contributed by atoms with van der Waals surface area (Å²) in [6, 6.07) is 9.02. The largest absolute Gasteiger partial charge is 0.464 e. The fourth-order valence-corrected chi connectivity index (χ4v) is 2.06. The van der Waals surface area contributed by atoms with Gasteiger partial charge >= 0.3 is 5.97 Å². The van der Waals surface area contributed by atoms with E-state index in [1.165, 1.54) is 13.3 Å². The molecule has 2 N–H and O–H groups in total. The van der Waals surface area contributed by atoms with Crippen LogP contribution in [0.15, 0.2) is 30.5 Å². The zero-order chi connectivity index (χ0) is 15.4. The van der Waals surface area contributed by atoms with Crippen LogP contribution in [0.1, 0.15) is 27.2 Å². The van der Waals surface area contributed by atoms with Crippen molar-refractivity contribution >= 4 is 23.3 Å². The molecule has 21 heavy (non-hydrogen) atoms. The minimum atomic E-state index is -0.568. The van der Waals surface area contributed by atoms with Crippen molar-refractivity contribution in [2.24, 2.45) is 0 Å². The second kappa shape index (κ2) is 6.25. The lowest BCUT2D eigenvalue weighted by atomic mass is 10.0. The van der Waals surface area contributed by atoms with Crippen LogP contribution in [0, 0.1) is 11.3 Å². The molecule has 2 rings (SSSR count). The van der Waals surface area contributed by atoms with E-state index in [0.717, 1.165) is 5.56 Å². The van der Waals surface area contributed by atoms with Gasteiger partial charge in [0.05, 0.1) is 29.5 Å². The summed E-state index contributed by atoms with van der Waals surface area (Å²) in [6.45, 7) is 0. The number of pyridine rings is 1. The normalized spacial score (nSPS) is 9.95. The van der Waals surface area contributed by atoms with Crippen molar-refractivity contribution in [3.05, 3.63) is 57.9 Å². The van der Waals surface area contributed by atoms with Crippen LogP contribution in [0.5, 0.6) is 0 Å². The second-order valence-corrected chi connectivity index (χ2v) is 4.73. The molecular weight excluding hydrogens is 290 g/mol. The number of nitrogen functional groups attached to an aromatic ring is 1. The lowest BCUT2D eigenvalue weighted by molar-refractivity contribution is 0.0593. The van der Waals surface area contributed by atoms with Crippen molar-refractivity contribution < 1.29 is 9.53 Å². The van der Waals surface area contributed by atoms with Gasteiger partial charge in [0.15, 0.2) is 5.69 Å². The number of hydrogen-bond donors (Lipinski definition) is 1. The van der Waals surface area contributed by atoms with Crippen molar-refractivity contribution in [2.75, 3.05) is 12.8 Å². The molecule has 106 valence electrons. The Kier molecular flexibility index (Phi) is 4.41. The molecule has 1 heterocycles. The molecule has 0 fully saturated rings. The van der Waals surface area contributed by atoms with E-state index in [0.29, 0.717) is 23.2 Å². The summed E-state index contributed by atoms with van der Waals surface area (Å²) in [5.41, 5.74) is 8.35. The van der Waals surface area contributed by atoms with Gasteiger partial charge in [0.1, 0.15) is 0 Å². The molecular formula is C15H12ClN3O2. The van der Waals surface area contributed by atoms with Gasteiger partial charge < -0.3 is 10.5 Å². The number of aromatic nitrogens is 1. The number of nitriles is 1. The first-order chi connectivity index (χ1) is 10.1. The van der Waals surface area contributed by atoms with E-state index in [1.807, 2.05) is 6.07 Å². The molecule has 0 atom stereocenters. The van der Waals surface area contributed by atoms with Gasteiger partial charge in [-0.15, -0.1) is 0 Å². The Balaban J connectivity index is 2.44. The average molecular weight is 302 g/mol.